The summed E-state index contributed by atoms with van der Waals surface area (Å²) in [6, 6.07) is 26.6. The third-order valence-electron chi connectivity index (χ3n) is 6.69. The summed E-state index contributed by atoms with van der Waals surface area (Å²) in [5.74, 6) is 4.61. The van der Waals surface area contributed by atoms with Crippen LogP contribution < -0.4 is 0 Å². The van der Waals surface area contributed by atoms with Crippen molar-refractivity contribution in [1.82, 2.24) is 15.0 Å². The van der Waals surface area contributed by atoms with Crippen molar-refractivity contribution in [2.45, 2.75) is 19.8 Å². The highest BCUT2D eigenvalue weighted by atomic mass is 32.1. The number of aromatic nitrogens is 3. The molecular formula is C34H25N3S. The third kappa shape index (κ3) is 4.38. The molecule has 5 aromatic rings. The van der Waals surface area contributed by atoms with Crippen LogP contribution in [0.1, 0.15) is 35.2 Å². The number of hydrogen-bond acceptors (Lipinski definition) is 4. The largest absolute Gasteiger partial charge is 0.208 e. The van der Waals surface area contributed by atoms with Crippen LogP contribution in [0.15, 0.2) is 97.1 Å². The minimum Gasteiger partial charge on any atom is -0.208 e. The molecule has 6 rings (SSSR count). The molecule has 0 unspecified atom stereocenters. The van der Waals surface area contributed by atoms with E-state index in [1.165, 1.54) is 20.5 Å². The number of nitrogens with zero attached hydrogens (tertiary/aromatic N) is 3. The predicted molar refractivity (Wildman–Crippen MR) is 160 cm³/mol. The van der Waals surface area contributed by atoms with Crippen LogP contribution in [-0.4, -0.2) is 15.0 Å². The Hall–Kier alpha value is -4.59. The summed E-state index contributed by atoms with van der Waals surface area (Å²) in [5, 5.41) is 1.21. The molecule has 4 heteroatoms. The lowest BCUT2D eigenvalue weighted by molar-refractivity contribution is 1.01. The number of thiophene rings is 1. The lowest BCUT2D eigenvalue weighted by Crippen LogP contribution is -2.04. The van der Waals surface area contributed by atoms with Gasteiger partial charge in [0.25, 0.3) is 0 Å². The molecule has 0 aliphatic heterocycles. The van der Waals surface area contributed by atoms with Gasteiger partial charge in [0.15, 0.2) is 17.5 Å². The second kappa shape index (κ2) is 10.4. The number of benzene rings is 3. The van der Waals surface area contributed by atoms with Crippen molar-refractivity contribution in [3.8, 4) is 35.1 Å². The van der Waals surface area contributed by atoms with Gasteiger partial charge in [0.1, 0.15) is 0 Å². The Kier molecular flexibility index (Phi) is 6.52. The molecule has 0 saturated heterocycles. The monoisotopic (exact) mass is 507 g/mol. The zero-order valence-electron chi connectivity index (χ0n) is 21.1. The zero-order chi connectivity index (χ0) is 25.9. The van der Waals surface area contributed by atoms with Gasteiger partial charge in [-0.05, 0) is 43.0 Å². The SMILES string of the molecule is C#C/C=C(\C(=C/C)c1nc(-c2ccccc2)nc(-c2cccc3sc4c(c23)C=CCC4)n1)c1ccccc1. The van der Waals surface area contributed by atoms with Crippen LogP contribution >= 0.6 is 11.3 Å². The molecule has 0 bridgehead atoms. The van der Waals surface area contributed by atoms with E-state index in [0.717, 1.165) is 40.7 Å². The van der Waals surface area contributed by atoms with Crippen LogP contribution in [0.3, 0.4) is 0 Å². The maximum absolute atomic E-state index is 5.78. The summed E-state index contributed by atoms with van der Waals surface area (Å²) in [5.41, 5.74) is 6.04. The minimum absolute atomic E-state index is 0.596. The van der Waals surface area contributed by atoms with Crippen molar-refractivity contribution in [2.24, 2.45) is 0 Å². The number of rotatable bonds is 5. The van der Waals surface area contributed by atoms with Gasteiger partial charge < -0.3 is 0 Å². The predicted octanol–water partition coefficient (Wildman–Crippen LogP) is 8.50. The molecule has 1 aliphatic carbocycles. The second-order valence-electron chi connectivity index (χ2n) is 9.02. The first-order valence-corrected chi connectivity index (χ1v) is 13.5. The van der Waals surface area contributed by atoms with E-state index >= 15 is 0 Å². The van der Waals surface area contributed by atoms with Gasteiger partial charge in [-0.2, -0.15) is 0 Å². The molecule has 0 spiro atoms. The molecule has 0 saturated carbocycles. The number of aryl methyl sites for hydroxylation is 1. The molecule has 1 aliphatic rings. The molecule has 0 atom stereocenters. The molecule has 0 N–H and O–H groups in total. The Labute approximate surface area is 227 Å². The van der Waals surface area contributed by atoms with Gasteiger partial charge in [-0.25, -0.2) is 15.0 Å². The van der Waals surface area contributed by atoms with Gasteiger partial charge in [0.05, 0.1) is 0 Å². The number of terminal acetylenes is 1. The Morgan fingerprint density at radius 3 is 2.39 bits per heavy atom. The summed E-state index contributed by atoms with van der Waals surface area (Å²) < 4.78 is 1.26. The van der Waals surface area contributed by atoms with Crippen molar-refractivity contribution in [3.63, 3.8) is 0 Å². The van der Waals surface area contributed by atoms with E-state index in [0.29, 0.717) is 17.5 Å². The van der Waals surface area contributed by atoms with Crippen LogP contribution in [0.4, 0.5) is 0 Å². The standard InChI is InChI=1S/C34H25N3S/c1-3-14-26(23-15-7-5-8-16-23)25(4-2)33-35-32(24-17-9-6-10-18-24)36-34(37-33)28-20-13-22-30-31(28)27-19-11-12-21-29(27)38-30/h1,4-11,13-20,22H,12,21H2,2H3/b25-4+,26-14-. The van der Waals surface area contributed by atoms with E-state index < -0.39 is 0 Å². The summed E-state index contributed by atoms with van der Waals surface area (Å²) in [4.78, 5) is 16.5. The maximum atomic E-state index is 5.78. The molecule has 2 heterocycles. The topological polar surface area (TPSA) is 38.7 Å². The first-order valence-electron chi connectivity index (χ1n) is 12.7. The van der Waals surface area contributed by atoms with Crippen molar-refractivity contribution >= 4 is 38.6 Å². The van der Waals surface area contributed by atoms with Crippen LogP contribution in [0.5, 0.6) is 0 Å². The van der Waals surface area contributed by atoms with Crippen LogP contribution in [0, 0.1) is 12.3 Å². The van der Waals surface area contributed by atoms with Gasteiger partial charge in [0, 0.05) is 37.2 Å². The van der Waals surface area contributed by atoms with E-state index in [2.05, 4.69) is 48.4 Å². The smallest absolute Gasteiger partial charge is 0.164 e. The Balaban J connectivity index is 1.60. The van der Waals surface area contributed by atoms with Crippen molar-refractivity contribution in [1.29, 1.82) is 0 Å². The highest BCUT2D eigenvalue weighted by Gasteiger charge is 2.21. The quantitative estimate of drug-likeness (QED) is 0.177. The maximum Gasteiger partial charge on any atom is 0.164 e. The Bertz CT molecular complexity index is 1770. The molecule has 0 amide bonds. The fourth-order valence-electron chi connectivity index (χ4n) is 4.94. The first kappa shape index (κ1) is 23.8. The molecule has 38 heavy (non-hydrogen) atoms. The Morgan fingerprint density at radius 1 is 0.868 bits per heavy atom. The average Bonchev–Trinajstić information content (AvgIpc) is 3.37. The summed E-state index contributed by atoms with van der Waals surface area (Å²) >= 11 is 1.87. The lowest BCUT2D eigenvalue weighted by Gasteiger charge is -2.14. The van der Waals surface area contributed by atoms with E-state index in [9.17, 15) is 0 Å². The molecular weight excluding hydrogens is 482 g/mol. The number of fused-ring (bicyclic) bond motifs is 3. The van der Waals surface area contributed by atoms with Gasteiger partial charge in [-0.3, -0.25) is 0 Å². The van der Waals surface area contributed by atoms with Crippen LogP contribution in [0.25, 0.3) is 50.1 Å². The molecule has 0 fully saturated rings. The lowest BCUT2D eigenvalue weighted by atomic mass is 9.96. The van der Waals surface area contributed by atoms with E-state index in [4.69, 9.17) is 21.4 Å². The summed E-state index contributed by atoms with van der Waals surface area (Å²) in [6.45, 7) is 2.00. The molecule has 182 valence electrons. The number of hydrogen-bond donors (Lipinski definition) is 0. The fraction of sp³-hybridized carbons (Fsp3) is 0.0882. The van der Waals surface area contributed by atoms with Crippen molar-refractivity contribution in [3.05, 3.63) is 119 Å². The van der Waals surface area contributed by atoms with E-state index in [-0.39, 0.29) is 0 Å². The molecule has 0 radical (unpaired) electrons. The van der Waals surface area contributed by atoms with Gasteiger partial charge in [-0.1, -0.05) is 96.9 Å². The molecule has 2 aromatic heterocycles. The van der Waals surface area contributed by atoms with Crippen molar-refractivity contribution in [2.75, 3.05) is 0 Å². The minimum atomic E-state index is 0.596. The van der Waals surface area contributed by atoms with E-state index in [1.807, 2.05) is 72.9 Å². The highest BCUT2D eigenvalue weighted by Crippen LogP contribution is 2.41. The zero-order valence-corrected chi connectivity index (χ0v) is 21.9. The second-order valence-corrected chi connectivity index (χ2v) is 10.2. The van der Waals surface area contributed by atoms with Gasteiger partial charge in [-0.15, -0.1) is 17.8 Å². The van der Waals surface area contributed by atoms with Crippen LogP contribution in [0.2, 0.25) is 0 Å². The van der Waals surface area contributed by atoms with Gasteiger partial charge >= 0.3 is 0 Å². The van der Waals surface area contributed by atoms with Crippen LogP contribution in [-0.2, 0) is 6.42 Å². The molecule has 3 aromatic carbocycles. The van der Waals surface area contributed by atoms with Crippen molar-refractivity contribution < 1.29 is 0 Å². The molecule has 3 nitrogen and oxygen atoms in total. The third-order valence-corrected chi connectivity index (χ3v) is 7.92. The normalized spacial score (nSPS) is 13.4. The number of allylic oxidation sites excluding steroid dienone is 5. The summed E-state index contributed by atoms with van der Waals surface area (Å²) in [6.07, 6.45) is 16.3. The van der Waals surface area contributed by atoms with E-state index in [1.54, 1.807) is 6.08 Å². The Morgan fingerprint density at radius 2 is 1.63 bits per heavy atom. The van der Waals surface area contributed by atoms with Gasteiger partial charge in [0.2, 0.25) is 0 Å². The first-order chi connectivity index (χ1) is 18.8. The fourth-order valence-corrected chi connectivity index (χ4v) is 6.17. The highest BCUT2D eigenvalue weighted by molar-refractivity contribution is 7.19. The average molecular weight is 508 g/mol. The summed E-state index contributed by atoms with van der Waals surface area (Å²) in [7, 11) is 0.